The minimum atomic E-state index is 0.00840. The summed E-state index contributed by atoms with van der Waals surface area (Å²) < 4.78 is 0.891. The van der Waals surface area contributed by atoms with E-state index in [1.807, 2.05) is 25.1 Å². The Balaban J connectivity index is 2.02. The summed E-state index contributed by atoms with van der Waals surface area (Å²) >= 11 is 3.49. The molecule has 0 spiro atoms. The van der Waals surface area contributed by atoms with Crippen molar-refractivity contribution in [1.29, 1.82) is 0 Å². The van der Waals surface area contributed by atoms with Crippen molar-refractivity contribution >= 4 is 21.8 Å². The zero-order chi connectivity index (χ0) is 14.4. The lowest BCUT2D eigenvalue weighted by molar-refractivity contribution is 0.0949. The van der Waals surface area contributed by atoms with E-state index < -0.39 is 0 Å². The molecule has 1 aliphatic carbocycles. The molecule has 1 saturated carbocycles. The van der Waals surface area contributed by atoms with Crippen LogP contribution < -0.4 is 5.32 Å². The van der Waals surface area contributed by atoms with E-state index in [1.165, 1.54) is 0 Å². The van der Waals surface area contributed by atoms with Gasteiger partial charge in [-0.3, -0.25) is 4.79 Å². The highest BCUT2D eigenvalue weighted by atomic mass is 79.9. The zero-order valence-corrected chi connectivity index (χ0v) is 13.9. The van der Waals surface area contributed by atoms with E-state index in [1.54, 1.807) is 0 Å². The normalized spacial score (nSPS) is 20.1. The van der Waals surface area contributed by atoms with Gasteiger partial charge in [0, 0.05) is 11.0 Å². The first kappa shape index (κ1) is 14.6. The Bertz CT molecular complexity index is 505. The van der Waals surface area contributed by atoms with E-state index in [4.69, 9.17) is 0 Å². The van der Waals surface area contributed by atoms with Crippen molar-refractivity contribution in [2.75, 3.05) is 6.54 Å². The van der Waals surface area contributed by atoms with Crippen LogP contribution >= 0.6 is 15.9 Å². The fourth-order valence-corrected chi connectivity index (χ4v) is 3.40. The second-order valence-electron chi connectivity index (χ2n) is 6.64. The number of aryl methyl sites for hydroxylation is 1. The quantitative estimate of drug-likeness (QED) is 0.888. The largest absolute Gasteiger partial charge is 0.352 e. The van der Waals surface area contributed by atoms with Gasteiger partial charge in [0.05, 0.1) is 5.56 Å². The van der Waals surface area contributed by atoms with Crippen LogP contribution in [0.15, 0.2) is 22.7 Å². The van der Waals surface area contributed by atoms with Crippen LogP contribution in [0.2, 0.25) is 0 Å². The van der Waals surface area contributed by atoms with Gasteiger partial charge < -0.3 is 5.32 Å². The monoisotopic (exact) mass is 323 g/mol. The number of carbonyl (C=O) groups excluding carboxylic acids is 1. The zero-order valence-electron chi connectivity index (χ0n) is 12.3. The Kier molecular flexibility index (Phi) is 3.54. The van der Waals surface area contributed by atoms with Crippen molar-refractivity contribution in [3.05, 3.63) is 33.8 Å². The number of hydrogen-bond donors (Lipinski definition) is 1. The molecule has 0 saturated heterocycles. The number of carbonyl (C=O) groups is 1. The van der Waals surface area contributed by atoms with Crippen LogP contribution in [0, 0.1) is 23.7 Å². The molecule has 1 amide bonds. The molecule has 0 atom stereocenters. The van der Waals surface area contributed by atoms with E-state index in [-0.39, 0.29) is 5.91 Å². The van der Waals surface area contributed by atoms with E-state index in [2.05, 4.69) is 48.9 Å². The van der Waals surface area contributed by atoms with Crippen LogP contribution in [0.5, 0.6) is 0 Å². The van der Waals surface area contributed by atoms with Crippen LogP contribution in [0.3, 0.4) is 0 Å². The molecule has 0 aliphatic heterocycles. The maximum absolute atomic E-state index is 12.2. The summed E-state index contributed by atoms with van der Waals surface area (Å²) in [6.07, 6.45) is 0. The number of hydrogen-bond acceptors (Lipinski definition) is 1. The van der Waals surface area contributed by atoms with Gasteiger partial charge in [-0.15, -0.1) is 0 Å². The summed E-state index contributed by atoms with van der Waals surface area (Å²) in [6.45, 7) is 11.8. The SMILES string of the molecule is Cc1cccc(C(=O)NCC2C(C)(C)C2(C)C)c1Br. The summed E-state index contributed by atoms with van der Waals surface area (Å²) in [5.74, 6) is 0.557. The lowest BCUT2D eigenvalue weighted by Crippen LogP contribution is -2.27. The Morgan fingerprint density at radius 1 is 1.26 bits per heavy atom. The summed E-state index contributed by atoms with van der Waals surface area (Å²) in [7, 11) is 0. The molecule has 2 nitrogen and oxygen atoms in total. The van der Waals surface area contributed by atoms with Crippen molar-refractivity contribution in [2.45, 2.75) is 34.6 Å². The standard InChI is InChI=1S/C16H22BrNO/c1-10-7-6-8-11(13(10)17)14(19)18-9-12-15(2,3)16(12,4)5/h6-8,12H,9H2,1-5H3,(H,18,19). The summed E-state index contributed by atoms with van der Waals surface area (Å²) in [6, 6.07) is 5.77. The van der Waals surface area contributed by atoms with Crippen molar-refractivity contribution in [1.82, 2.24) is 5.32 Å². The maximum atomic E-state index is 12.2. The minimum absolute atomic E-state index is 0.00840. The molecule has 3 heteroatoms. The molecule has 0 unspecified atom stereocenters. The second-order valence-corrected chi connectivity index (χ2v) is 7.44. The summed E-state index contributed by atoms with van der Waals surface area (Å²) in [4.78, 5) is 12.2. The first-order valence-corrected chi connectivity index (χ1v) is 7.52. The third-order valence-electron chi connectivity index (χ3n) is 5.22. The third kappa shape index (κ3) is 2.33. The van der Waals surface area contributed by atoms with Gasteiger partial charge in [0.15, 0.2) is 0 Å². The molecule has 19 heavy (non-hydrogen) atoms. The fraction of sp³-hybridized carbons (Fsp3) is 0.562. The highest BCUT2D eigenvalue weighted by molar-refractivity contribution is 9.10. The van der Waals surface area contributed by atoms with E-state index in [0.717, 1.165) is 22.1 Å². The topological polar surface area (TPSA) is 29.1 Å². The Labute approximate surface area is 124 Å². The van der Waals surface area contributed by atoms with E-state index >= 15 is 0 Å². The average molecular weight is 324 g/mol. The molecule has 0 bridgehead atoms. The summed E-state index contributed by atoms with van der Waals surface area (Å²) in [5.41, 5.74) is 2.42. The number of nitrogens with one attached hydrogen (secondary N) is 1. The van der Waals surface area contributed by atoms with Gasteiger partial charge in [-0.2, -0.15) is 0 Å². The van der Waals surface area contributed by atoms with Crippen molar-refractivity contribution in [2.24, 2.45) is 16.7 Å². The molecule has 2 rings (SSSR count). The van der Waals surface area contributed by atoms with Gasteiger partial charge in [0.25, 0.3) is 5.91 Å². The molecule has 1 aromatic carbocycles. The first-order chi connectivity index (χ1) is 8.69. The predicted molar refractivity (Wildman–Crippen MR) is 82.3 cm³/mol. The molecule has 0 heterocycles. The van der Waals surface area contributed by atoms with Gasteiger partial charge in [0.1, 0.15) is 0 Å². The van der Waals surface area contributed by atoms with Crippen molar-refractivity contribution < 1.29 is 4.79 Å². The van der Waals surface area contributed by atoms with E-state index in [9.17, 15) is 4.79 Å². The predicted octanol–water partition coefficient (Wildman–Crippen LogP) is 4.17. The van der Waals surface area contributed by atoms with Crippen molar-refractivity contribution in [3.63, 3.8) is 0 Å². The van der Waals surface area contributed by atoms with Crippen LogP contribution in [-0.4, -0.2) is 12.5 Å². The smallest absolute Gasteiger partial charge is 0.252 e. The first-order valence-electron chi connectivity index (χ1n) is 6.73. The molecule has 104 valence electrons. The van der Waals surface area contributed by atoms with Gasteiger partial charge in [0.2, 0.25) is 0 Å². The number of rotatable bonds is 3. The molecule has 1 N–H and O–H groups in total. The molecule has 1 aliphatic rings. The molecule has 1 aromatic rings. The second kappa shape index (κ2) is 4.62. The lowest BCUT2D eigenvalue weighted by atomic mass is 10.0. The minimum Gasteiger partial charge on any atom is -0.352 e. The lowest BCUT2D eigenvalue weighted by Gasteiger charge is -2.09. The number of benzene rings is 1. The molecule has 0 aromatic heterocycles. The molecular weight excluding hydrogens is 302 g/mol. The summed E-state index contributed by atoms with van der Waals surface area (Å²) in [5, 5.41) is 3.07. The van der Waals surface area contributed by atoms with Gasteiger partial charge in [-0.1, -0.05) is 39.8 Å². The van der Waals surface area contributed by atoms with E-state index in [0.29, 0.717) is 16.7 Å². The number of amides is 1. The number of halogens is 1. The maximum Gasteiger partial charge on any atom is 0.252 e. The van der Waals surface area contributed by atoms with Crippen LogP contribution in [0.4, 0.5) is 0 Å². The molecule has 0 radical (unpaired) electrons. The Morgan fingerprint density at radius 3 is 2.37 bits per heavy atom. The molecular formula is C16H22BrNO. The van der Waals surface area contributed by atoms with Crippen LogP contribution in [0.25, 0.3) is 0 Å². The highest BCUT2D eigenvalue weighted by Gasteiger charge is 2.64. The third-order valence-corrected chi connectivity index (χ3v) is 6.28. The van der Waals surface area contributed by atoms with Crippen molar-refractivity contribution in [3.8, 4) is 0 Å². The Hall–Kier alpha value is -0.830. The van der Waals surface area contributed by atoms with Gasteiger partial charge in [-0.25, -0.2) is 0 Å². The highest BCUT2D eigenvalue weighted by Crippen LogP contribution is 2.67. The van der Waals surface area contributed by atoms with Gasteiger partial charge in [-0.05, 0) is 51.2 Å². The van der Waals surface area contributed by atoms with Crippen LogP contribution in [0.1, 0.15) is 43.6 Å². The van der Waals surface area contributed by atoms with Gasteiger partial charge >= 0.3 is 0 Å². The van der Waals surface area contributed by atoms with Crippen LogP contribution in [-0.2, 0) is 0 Å². The Morgan fingerprint density at radius 2 is 1.84 bits per heavy atom. The average Bonchev–Trinajstić information content (AvgIpc) is 2.70. The molecule has 1 fully saturated rings. The fourth-order valence-electron chi connectivity index (χ4n) is 2.96.